The number of piperidine rings is 1. The summed E-state index contributed by atoms with van der Waals surface area (Å²) >= 11 is 0. The van der Waals surface area contributed by atoms with E-state index in [9.17, 15) is 0 Å². The summed E-state index contributed by atoms with van der Waals surface area (Å²) in [6.45, 7) is 5.02. The van der Waals surface area contributed by atoms with E-state index in [4.69, 9.17) is 5.73 Å². The summed E-state index contributed by atoms with van der Waals surface area (Å²) in [7, 11) is 2.24. The van der Waals surface area contributed by atoms with Crippen molar-refractivity contribution in [3.8, 4) is 0 Å². The smallest absolute Gasteiger partial charge is 0.0108 e. The van der Waals surface area contributed by atoms with Crippen LogP contribution < -0.4 is 5.73 Å². The van der Waals surface area contributed by atoms with Crippen LogP contribution >= 0.6 is 0 Å². The predicted octanol–water partition coefficient (Wildman–Crippen LogP) is 0.894. The van der Waals surface area contributed by atoms with Gasteiger partial charge in [-0.2, -0.15) is 0 Å². The summed E-state index contributed by atoms with van der Waals surface area (Å²) in [6.07, 6.45) is 6.51. The fourth-order valence-corrected chi connectivity index (χ4v) is 2.87. The average molecular weight is 211 g/mol. The zero-order valence-corrected chi connectivity index (χ0v) is 9.99. The fourth-order valence-electron chi connectivity index (χ4n) is 2.87. The van der Waals surface area contributed by atoms with Gasteiger partial charge in [0.05, 0.1) is 0 Å². The van der Waals surface area contributed by atoms with E-state index in [0.717, 1.165) is 6.04 Å². The zero-order chi connectivity index (χ0) is 10.7. The highest BCUT2D eigenvalue weighted by atomic mass is 15.2. The van der Waals surface area contributed by atoms with Gasteiger partial charge in [-0.3, -0.25) is 0 Å². The molecular formula is C12H25N3. The third kappa shape index (κ3) is 3.16. The van der Waals surface area contributed by atoms with Crippen molar-refractivity contribution in [2.24, 2.45) is 5.73 Å². The van der Waals surface area contributed by atoms with Crippen LogP contribution in [0.25, 0.3) is 0 Å². The Hall–Kier alpha value is -0.120. The van der Waals surface area contributed by atoms with Gasteiger partial charge in [0, 0.05) is 12.1 Å². The van der Waals surface area contributed by atoms with Gasteiger partial charge in [0.1, 0.15) is 0 Å². The molecule has 15 heavy (non-hydrogen) atoms. The van der Waals surface area contributed by atoms with Gasteiger partial charge in [-0.25, -0.2) is 0 Å². The molecule has 0 aromatic heterocycles. The highest BCUT2D eigenvalue weighted by molar-refractivity contribution is 4.82. The first-order chi connectivity index (χ1) is 7.25. The first kappa shape index (κ1) is 11.4. The topological polar surface area (TPSA) is 32.5 Å². The van der Waals surface area contributed by atoms with Gasteiger partial charge in [-0.1, -0.05) is 0 Å². The summed E-state index contributed by atoms with van der Waals surface area (Å²) in [5.74, 6) is 0. The van der Waals surface area contributed by atoms with Crippen LogP contribution in [0.2, 0.25) is 0 Å². The van der Waals surface area contributed by atoms with Crippen LogP contribution in [-0.2, 0) is 0 Å². The maximum Gasteiger partial charge on any atom is 0.0108 e. The lowest BCUT2D eigenvalue weighted by Gasteiger charge is -2.36. The molecule has 0 saturated carbocycles. The monoisotopic (exact) mass is 211 g/mol. The zero-order valence-electron chi connectivity index (χ0n) is 9.99. The second-order valence-electron chi connectivity index (χ2n) is 5.26. The predicted molar refractivity (Wildman–Crippen MR) is 63.9 cm³/mol. The number of nitrogens with zero attached hydrogens (tertiary/aromatic N) is 2. The van der Waals surface area contributed by atoms with Crippen LogP contribution in [-0.4, -0.2) is 55.1 Å². The van der Waals surface area contributed by atoms with E-state index in [0.29, 0.717) is 6.04 Å². The molecule has 0 radical (unpaired) electrons. The molecule has 2 rings (SSSR count). The second-order valence-corrected chi connectivity index (χ2v) is 5.26. The minimum atomic E-state index is 0.467. The van der Waals surface area contributed by atoms with Gasteiger partial charge in [-0.15, -0.1) is 0 Å². The molecule has 2 fully saturated rings. The highest BCUT2D eigenvalue weighted by Crippen LogP contribution is 2.20. The van der Waals surface area contributed by atoms with Crippen molar-refractivity contribution < 1.29 is 0 Å². The summed E-state index contributed by atoms with van der Waals surface area (Å²) in [5.41, 5.74) is 5.94. The van der Waals surface area contributed by atoms with E-state index in [1.165, 1.54) is 58.3 Å². The lowest BCUT2D eigenvalue weighted by Crippen LogP contribution is -2.45. The molecule has 2 aliphatic rings. The van der Waals surface area contributed by atoms with Crippen molar-refractivity contribution in [1.29, 1.82) is 0 Å². The largest absolute Gasteiger partial charge is 0.328 e. The lowest BCUT2D eigenvalue weighted by atomic mass is 10.0. The first-order valence-corrected chi connectivity index (χ1v) is 6.44. The van der Waals surface area contributed by atoms with Crippen LogP contribution in [0.3, 0.4) is 0 Å². The van der Waals surface area contributed by atoms with Gasteiger partial charge in [-0.05, 0) is 65.3 Å². The molecule has 1 unspecified atom stereocenters. The second kappa shape index (κ2) is 5.28. The van der Waals surface area contributed by atoms with Gasteiger partial charge in [0.15, 0.2) is 0 Å². The van der Waals surface area contributed by atoms with Gasteiger partial charge < -0.3 is 15.5 Å². The molecule has 0 aromatic carbocycles. The minimum absolute atomic E-state index is 0.467. The number of hydrogen-bond acceptors (Lipinski definition) is 3. The Morgan fingerprint density at radius 1 is 0.933 bits per heavy atom. The minimum Gasteiger partial charge on any atom is -0.328 e. The molecule has 1 atom stereocenters. The van der Waals surface area contributed by atoms with Gasteiger partial charge >= 0.3 is 0 Å². The highest BCUT2D eigenvalue weighted by Gasteiger charge is 2.24. The number of nitrogens with two attached hydrogens (primary N) is 1. The van der Waals surface area contributed by atoms with Crippen molar-refractivity contribution in [1.82, 2.24) is 9.80 Å². The van der Waals surface area contributed by atoms with Crippen LogP contribution in [0, 0.1) is 0 Å². The summed E-state index contributed by atoms with van der Waals surface area (Å²) in [6, 6.07) is 1.30. The quantitative estimate of drug-likeness (QED) is 0.699. The molecule has 0 amide bonds. The Balaban J connectivity index is 1.82. The van der Waals surface area contributed by atoms with Crippen molar-refractivity contribution in [3.05, 3.63) is 0 Å². The normalized spacial score (nSPS) is 32.8. The molecule has 2 heterocycles. The van der Waals surface area contributed by atoms with E-state index >= 15 is 0 Å². The Labute approximate surface area is 93.6 Å². The molecule has 2 saturated heterocycles. The molecule has 0 aliphatic carbocycles. The van der Waals surface area contributed by atoms with Gasteiger partial charge in [0.25, 0.3) is 0 Å². The molecule has 88 valence electrons. The molecule has 2 N–H and O–H groups in total. The maximum atomic E-state index is 5.94. The Morgan fingerprint density at radius 2 is 1.67 bits per heavy atom. The van der Waals surface area contributed by atoms with Crippen molar-refractivity contribution >= 4 is 0 Å². The molecule has 3 nitrogen and oxygen atoms in total. The van der Waals surface area contributed by atoms with Crippen molar-refractivity contribution in [2.75, 3.05) is 33.2 Å². The Morgan fingerprint density at radius 3 is 2.40 bits per heavy atom. The van der Waals surface area contributed by atoms with Crippen molar-refractivity contribution in [2.45, 2.75) is 44.2 Å². The maximum absolute atomic E-state index is 5.94. The van der Waals surface area contributed by atoms with E-state index in [1.54, 1.807) is 0 Å². The van der Waals surface area contributed by atoms with Crippen LogP contribution in [0.1, 0.15) is 32.1 Å². The van der Waals surface area contributed by atoms with E-state index in [-0.39, 0.29) is 0 Å². The lowest BCUT2D eigenvalue weighted by molar-refractivity contribution is 0.140. The fraction of sp³-hybridized carbons (Fsp3) is 1.00. The summed E-state index contributed by atoms with van der Waals surface area (Å²) in [4.78, 5) is 5.15. The standard InChI is InChI=1S/C12H25N3/c1-14-7-2-3-12(6-8-14)15-9-4-11(13)5-10-15/h11-12H,2-10,13H2,1H3. The number of likely N-dealkylation sites (tertiary alicyclic amines) is 2. The third-order valence-corrected chi connectivity index (χ3v) is 4.01. The molecule has 0 aromatic rings. The molecule has 3 heteroatoms. The first-order valence-electron chi connectivity index (χ1n) is 6.44. The molecule has 0 spiro atoms. The molecule has 0 bridgehead atoms. The SMILES string of the molecule is CN1CCCC(N2CCC(N)CC2)CC1. The number of rotatable bonds is 1. The van der Waals surface area contributed by atoms with Crippen molar-refractivity contribution in [3.63, 3.8) is 0 Å². The third-order valence-electron chi connectivity index (χ3n) is 4.01. The average Bonchev–Trinajstić information content (AvgIpc) is 2.44. The van der Waals surface area contributed by atoms with Crippen LogP contribution in [0.4, 0.5) is 0 Å². The van der Waals surface area contributed by atoms with E-state index < -0.39 is 0 Å². The van der Waals surface area contributed by atoms with Gasteiger partial charge in [0.2, 0.25) is 0 Å². The van der Waals surface area contributed by atoms with E-state index in [1.807, 2.05) is 0 Å². The molecular weight excluding hydrogens is 186 g/mol. The summed E-state index contributed by atoms with van der Waals surface area (Å²) < 4.78 is 0. The Bertz CT molecular complexity index is 187. The molecule has 2 aliphatic heterocycles. The summed E-state index contributed by atoms with van der Waals surface area (Å²) in [5, 5.41) is 0. The number of hydrogen-bond donors (Lipinski definition) is 1. The van der Waals surface area contributed by atoms with Crippen LogP contribution in [0.15, 0.2) is 0 Å². The van der Waals surface area contributed by atoms with E-state index in [2.05, 4.69) is 16.8 Å². The van der Waals surface area contributed by atoms with Crippen LogP contribution in [0.5, 0.6) is 0 Å². The Kier molecular flexibility index (Phi) is 4.00.